The quantitative estimate of drug-likeness (QED) is 0.800. The van der Waals surface area contributed by atoms with Gasteiger partial charge in [-0.2, -0.15) is 5.10 Å². The van der Waals surface area contributed by atoms with E-state index in [1.165, 1.54) is 10.8 Å². The van der Waals surface area contributed by atoms with E-state index in [1.807, 2.05) is 13.0 Å². The summed E-state index contributed by atoms with van der Waals surface area (Å²) in [6.07, 6.45) is 5.44. The summed E-state index contributed by atoms with van der Waals surface area (Å²) in [6.45, 7) is 3.94. The number of hydrogen-bond acceptors (Lipinski definition) is 6. The van der Waals surface area contributed by atoms with Gasteiger partial charge in [0.25, 0.3) is 0 Å². The number of nitrogens with zero attached hydrogens (tertiary/aromatic N) is 5. The number of fused-ring (bicyclic) bond motifs is 1. The van der Waals surface area contributed by atoms with E-state index in [0.717, 1.165) is 43.3 Å². The van der Waals surface area contributed by atoms with E-state index in [2.05, 4.69) is 54.6 Å². The fraction of sp³-hybridized carbons (Fsp3) is 0.333. The molecule has 6 heteroatoms. The first-order chi connectivity index (χ1) is 11.8. The Morgan fingerprint density at radius 2 is 1.83 bits per heavy atom. The minimum atomic E-state index is 0.431. The Balaban J connectivity index is 1.49. The van der Waals surface area contributed by atoms with Crippen molar-refractivity contribution in [1.82, 2.24) is 20.2 Å². The zero-order chi connectivity index (χ0) is 16.4. The van der Waals surface area contributed by atoms with Gasteiger partial charge in [-0.1, -0.05) is 24.3 Å². The summed E-state index contributed by atoms with van der Waals surface area (Å²) >= 11 is 0. The van der Waals surface area contributed by atoms with Gasteiger partial charge in [0.1, 0.15) is 12.1 Å². The van der Waals surface area contributed by atoms with Crippen molar-refractivity contribution in [2.75, 3.05) is 23.3 Å². The number of aromatic nitrogens is 4. The highest BCUT2D eigenvalue weighted by molar-refractivity contribution is 5.93. The summed E-state index contributed by atoms with van der Waals surface area (Å²) in [4.78, 5) is 10.5. The van der Waals surface area contributed by atoms with Crippen LogP contribution in [-0.4, -0.2) is 39.3 Å². The fourth-order valence-electron chi connectivity index (χ4n) is 3.28. The number of aryl methyl sites for hydroxylation is 1. The van der Waals surface area contributed by atoms with E-state index in [1.54, 1.807) is 12.5 Å². The van der Waals surface area contributed by atoms with E-state index < -0.39 is 0 Å². The second-order valence-corrected chi connectivity index (χ2v) is 6.15. The standard InChI is InChI=1S/C18H20N6/c1-13-15-4-2-3-5-16(15)18(23-22-13)24-10-7-14(8-11-24)21-17-6-9-19-12-20-17/h2-6,9,12,14H,7-8,10-11H2,1H3,(H,19,20,21). The molecular weight excluding hydrogens is 300 g/mol. The Morgan fingerprint density at radius 3 is 2.58 bits per heavy atom. The highest BCUT2D eigenvalue weighted by Gasteiger charge is 2.22. The van der Waals surface area contributed by atoms with Crippen LogP contribution in [0.15, 0.2) is 42.9 Å². The van der Waals surface area contributed by atoms with Gasteiger partial charge in [-0.15, -0.1) is 5.10 Å². The van der Waals surface area contributed by atoms with Crippen molar-refractivity contribution in [2.45, 2.75) is 25.8 Å². The molecule has 1 aliphatic heterocycles. The molecule has 0 saturated carbocycles. The fourth-order valence-corrected chi connectivity index (χ4v) is 3.28. The van der Waals surface area contributed by atoms with E-state index in [0.29, 0.717) is 6.04 Å². The van der Waals surface area contributed by atoms with Gasteiger partial charge >= 0.3 is 0 Å². The molecule has 2 aromatic heterocycles. The molecule has 0 spiro atoms. The molecule has 0 radical (unpaired) electrons. The molecule has 24 heavy (non-hydrogen) atoms. The topological polar surface area (TPSA) is 66.8 Å². The minimum Gasteiger partial charge on any atom is -0.367 e. The predicted octanol–water partition coefficient (Wildman–Crippen LogP) is 2.81. The SMILES string of the molecule is Cc1nnc(N2CCC(Nc3ccncn3)CC2)c2ccccc12. The van der Waals surface area contributed by atoms with Crippen LogP contribution in [0.1, 0.15) is 18.5 Å². The molecule has 4 rings (SSSR count). The Bertz CT molecular complexity index is 827. The summed E-state index contributed by atoms with van der Waals surface area (Å²) in [5, 5.41) is 14.7. The van der Waals surface area contributed by atoms with Gasteiger partial charge in [0.15, 0.2) is 5.82 Å². The lowest BCUT2D eigenvalue weighted by atomic mass is 10.0. The second kappa shape index (κ2) is 6.39. The molecule has 0 amide bonds. The molecule has 1 fully saturated rings. The van der Waals surface area contributed by atoms with E-state index in [-0.39, 0.29) is 0 Å². The van der Waals surface area contributed by atoms with Crippen molar-refractivity contribution in [2.24, 2.45) is 0 Å². The molecule has 0 atom stereocenters. The average molecular weight is 320 g/mol. The van der Waals surface area contributed by atoms with Gasteiger partial charge in [0.05, 0.1) is 5.69 Å². The Hall–Kier alpha value is -2.76. The van der Waals surface area contributed by atoms with Gasteiger partial charge in [-0.05, 0) is 25.8 Å². The molecule has 0 bridgehead atoms. The first-order valence-electron chi connectivity index (χ1n) is 8.31. The second-order valence-electron chi connectivity index (χ2n) is 6.15. The molecular formula is C18H20N6. The van der Waals surface area contributed by atoms with E-state index >= 15 is 0 Å². The number of nitrogens with one attached hydrogen (secondary N) is 1. The molecule has 1 aliphatic rings. The van der Waals surface area contributed by atoms with Gasteiger partial charge in [0, 0.05) is 36.1 Å². The maximum atomic E-state index is 4.47. The first kappa shape index (κ1) is 14.8. The summed E-state index contributed by atoms with van der Waals surface area (Å²) in [6, 6.07) is 10.7. The molecule has 0 unspecified atom stereocenters. The van der Waals surface area contributed by atoms with Crippen LogP contribution in [0.3, 0.4) is 0 Å². The predicted molar refractivity (Wildman–Crippen MR) is 95.2 cm³/mol. The van der Waals surface area contributed by atoms with Crippen LogP contribution in [0.5, 0.6) is 0 Å². The first-order valence-corrected chi connectivity index (χ1v) is 8.31. The van der Waals surface area contributed by atoms with Gasteiger partial charge in [-0.25, -0.2) is 9.97 Å². The van der Waals surface area contributed by atoms with Crippen molar-refractivity contribution in [3.05, 3.63) is 48.5 Å². The molecule has 3 heterocycles. The largest absolute Gasteiger partial charge is 0.367 e. The lowest BCUT2D eigenvalue weighted by molar-refractivity contribution is 0.522. The third kappa shape index (κ3) is 2.87. The number of piperidine rings is 1. The van der Waals surface area contributed by atoms with Crippen LogP contribution < -0.4 is 10.2 Å². The van der Waals surface area contributed by atoms with Crippen LogP contribution in [0.25, 0.3) is 10.8 Å². The zero-order valence-electron chi connectivity index (χ0n) is 13.7. The molecule has 122 valence electrons. The van der Waals surface area contributed by atoms with Gasteiger partial charge < -0.3 is 10.2 Å². The molecule has 0 aliphatic carbocycles. The van der Waals surface area contributed by atoms with Crippen LogP contribution >= 0.6 is 0 Å². The smallest absolute Gasteiger partial charge is 0.159 e. The highest BCUT2D eigenvalue weighted by Crippen LogP contribution is 2.28. The zero-order valence-corrected chi connectivity index (χ0v) is 13.7. The number of rotatable bonds is 3. The third-order valence-electron chi connectivity index (χ3n) is 4.58. The van der Waals surface area contributed by atoms with Crippen LogP contribution in [0, 0.1) is 6.92 Å². The molecule has 3 aromatic rings. The van der Waals surface area contributed by atoms with Crippen molar-refractivity contribution in [1.29, 1.82) is 0 Å². The Morgan fingerprint density at radius 1 is 1.04 bits per heavy atom. The average Bonchev–Trinajstić information content (AvgIpc) is 2.64. The minimum absolute atomic E-state index is 0.431. The van der Waals surface area contributed by atoms with Gasteiger partial charge in [-0.3, -0.25) is 0 Å². The number of hydrogen-bond donors (Lipinski definition) is 1. The third-order valence-corrected chi connectivity index (χ3v) is 4.58. The van der Waals surface area contributed by atoms with Crippen molar-refractivity contribution in [3.8, 4) is 0 Å². The number of benzene rings is 1. The molecule has 1 N–H and O–H groups in total. The Labute approximate surface area is 141 Å². The van der Waals surface area contributed by atoms with E-state index in [9.17, 15) is 0 Å². The monoisotopic (exact) mass is 320 g/mol. The lowest BCUT2D eigenvalue weighted by Crippen LogP contribution is -2.39. The summed E-state index contributed by atoms with van der Waals surface area (Å²) in [5.41, 5.74) is 0.981. The van der Waals surface area contributed by atoms with Crippen molar-refractivity contribution >= 4 is 22.4 Å². The maximum Gasteiger partial charge on any atom is 0.159 e. The summed E-state index contributed by atoms with van der Waals surface area (Å²) in [5.74, 6) is 1.89. The molecule has 6 nitrogen and oxygen atoms in total. The van der Waals surface area contributed by atoms with E-state index in [4.69, 9.17) is 0 Å². The molecule has 1 aromatic carbocycles. The van der Waals surface area contributed by atoms with Crippen LogP contribution in [0.4, 0.5) is 11.6 Å². The Kier molecular flexibility index (Phi) is 3.94. The van der Waals surface area contributed by atoms with Crippen LogP contribution in [0.2, 0.25) is 0 Å². The van der Waals surface area contributed by atoms with Crippen molar-refractivity contribution in [3.63, 3.8) is 0 Å². The normalized spacial score (nSPS) is 15.6. The number of anilines is 2. The summed E-state index contributed by atoms with van der Waals surface area (Å²) < 4.78 is 0. The summed E-state index contributed by atoms with van der Waals surface area (Å²) in [7, 11) is 0. The van der Waals surface area contributed by atoms with Gasteiger partial charge in [0.2, 0.25) is 0 Å². The lowest BCUT2D eigenvalue weighted by Gasteiger charge is -2.33. The van der Waals surface area contributed by atoms with Crippen LogP contribution in [-0.2, 0) is 0 Å². The molecule has 1 saturated heterocycles. The highest BCUT2D eigenvalue weighted by atomic mass is 15.3. The maximum absolute atomic E-state index is 4.47. The van der Waals surface area contributed by atoms with Crippen molar-refractivity contribution < 1.29 is 0 Å².